The first-order valence-corrected chi connectivity index (χ1v) is 9.82. The van der Waals surface area contributed by atoms with Gasteiger partial charge >= 0.3 is 5.97 Å². The van der Waals surface area contributed by atoms with Gasteiger partial charge in [0.2, 0.25) is 11.8 Å². The van der Waals surface area contributed by atoms with Crippen molar-refractivity contribution in [2.24, 2.45) is 11.8 Å². The van der Waals surface area contributed by atoms with Crippen LogP contribution >= 0.6 is 0 Å². The second-order valence-corrected chi connectivity index (χ2v) is 7.79. The van der Waals surface area contributed by atoms with Gasteiger partial charge in [-0.2, -0.15) is 0 Å². The lowest BCUT2D eigenvalue weighted by Gasteiger charge is -2.32. The number of nitrogens with zero attached hydrogens (tertiary/aromatic N) is 2. The van der Waals surface area contributed by atoms with Gasteiger partial charge < -0.3 is 9.64 Å². The minimum absolute atomic E-state index is 0.226. The van der Waals surface area contributed by atoms with Crippen molar-refractivity contribution in [3.63, 3.8) is 0 Å². The van der Waals surface area contributed by atoms with E-state index in [0.29, 0.717) is 12.8 Å². The molecular formula is C21H29N3O4. The van der Waals surface area contributed by atoms with E-state index in [9.17, 15) is 14.4 Å². The number of carbonyl (C=O) groups is 3. The molecule has 1 N–H and O–H groups in total. The Morgan fingerprint density at radius 3 is 2.36 bits per heavy atom. The van der Waals surface area contributed by atoms with Crippen LogP contribution in [0, 0.1) is 11.8 Å². The molecule has 1 aromatic carbocycles. The topological polar surface area (TPSA) is 79.0 Å². The summed E-state index contributed by atoms with van der Waals surface area (Å²) < 4.78 is 5.35. The number of anilines is 1. The summed E-state index contributed by atoms with van der Waals surface area (Å²) in [7, 11) is 5.41. The van der Waals surface area contributed by atoms with Crippen molar-refractivity contribution in [3.8, 4) is 0 Å². The molecule has 7 heteroatoms. The third-order valence-electron chi connectivity index (χ3n) is 5.93. The van der Waals surface area contributed by atoms with Crippen LogP contribution in [0.2, 0.25) is 0 Å². The zero-order chi connectivity index (χ0) is 20.6. The van der Waals surface area contributed by atoms with Crippen LogP contribution in [0.4, 0.5) is 5.69 Å². The first kappa shape index (κ1) is 20.3. The number of esters is 1. The number of ether oxygens (including phenoxy) is 1. The molecule has 2 fully saturated rings. The number of rotatable bonds is 6. The molecule has 0 saturated carbocycles. The number of benzene rings is 1. The lowest BCUT2D eigenvalue weighted by atomic mass is 9.77. The van der Waals surface area contributed by atoms with Crippen LogP contribution in [0.3, 0.4) is 0 Å². The molecule has 28 heavy (non-hydrogen) atoms. The number of amides is 2. The Morgan fingerprint density at radius 2 is 1.82 bits per heavy atom. The van der Waals surface area contributed by atoms with Gasteiger partial charge in [0, 0.05) is 32.9 Å². The Kier molecular flexibility index (Phi) is 5.48. The van der Waals surface area contributed by atoms with Gasteiger partial charge in [-0.25, -0.2) is 0 Å². The summed E-state index contributed by atoms with van der Waals surface area (Å²) in [5.74, 6) is -2.36. The predicted octanol–water partition coefficient (Wildman–Crippen LogP) is 1.73. The van der Waals surface area contributed by atoms with E-state index in [1.807, 2.05) is 50.2 Å². The molecule has 2 amide bonds. The molecule has 2 saturated heterocycles. The number of fused-ring (bicyclic) bond motifs is 1. The fourth-order valence-electron chi connectivity index (χ4n) is 4.59. The number of likely N-dealkylation sites (tertiary alicyclic amines) is 1. The highest BCUT2D eigenvalue weighted by molar-refractivity contribution is 6.09. The van der Waals surface area contributed by atoms with Crippen molar-refractivity contribution in [2.75, 3.05) is 32.6 Å². The number of nitrogens with one attached hydrogen (secondary N) is 1. The lowest BCUT2D eigenvalue weighted by molar-refractivity contribution is -0.156. The summed E-state index contributed by atoms with van der Waals surface area (Å²) in [6, 6.07) is 7.43. The summed E-state index contributed by atoms with van der Waals surface area (Å²) in [5.41, 5.74) is 0.742. The van der Waals surface area contributed by atoms with E-state index in [1.165, 1.54) is 11.9 Å². The molecule has 0 aliphatic carbocycles. The first-order chi connectivity index (χ1) is 13.3. The maximum Gasteiger partial charge on any atom is 0.327 e. The van der Waals surface area contributed by atoms with E-state index in [2.05, 4.69) is 5.32 Å². The Labute approximate surface area is 166 Å². The maximum absolute atomic E-state index is 13.0. The first-order valence-electron chi connectivity index (χ1n) is 9.82. The second kappa shape index (κ2) is 7.54. The van der Waals surface area contributed by atoms with Gasteiger partial charge in [-0.15, -0.1) is 0 Å². The quantitative estimate of drug-likeness (QED) is 0.592. The van der Waals surface area contributed by atoms with Crippen LogP contribution < -0.4 is 10.2 Å². The van der Waals surface area contributed by atoms with Crippen LogP contribution in [0.15, 0.2) is 24.3 Å². The van der Waals surface area contributed by atoms with Gasteiger partial charge in [-0.05, 0) is 31.0 Å². The van der Waals surface area contributed by atoms with Crippen LogP contribution in [0.5, 0.6) is 0 Å². The largest absolute Gasteiger partial charge is 0.465 e. The van der Waals surface area contributed by atoms with E-state index in [-0.39, 0.29) is 18.4 Å². The lowest BCUT2D eigenvalue weighted by Crippen LogP contribution is -2.56. The summed E-state index contributed by atoms with van der Waals surface area (Å²) in [6.45, 7) is 3.93. The predicted molar refractivity (Wildman–Crippen MR) is 106 cm³/mol. The molecule has 4 atom stereocenters. The smallest absolute Gasteiger partial charge is 0.327 e. The van der Waals surface area contributed by atoms with Gasteiger partial charge in [-0.1, -0.05) is 25.5 Å². The fourth-order valence-corrected chi connectivity index (χ4v) is 4.59. The molecule has 0 aromatic heterocycles. The Hall–Kier alpha value is -2.41. The van der Waals surface area contributed by atoms with Crippen molar-refractivity contribution in [2.45, 2.75) is 38.3 Å². The molecule has 0 bridgehead atoms. The molecule has 0 spiro atoms. The monoisotopic (exact) mass is 387 g/mol. The van der Waals surface area contributed by atoms with Crippen LogP contribution in [-0.4, -0.2) is 56.0 Å². The molecule has 7 nitrogen and oxygen atoms in total. The molecule has 152 valence electrons. The minimum Gasteiger partial charge on any atom is -0.465 e. The SMILES string of the molecule is CCC[C@]1(C(=O)OCC)N[C@@H](c2ccc(N(C)C)cc2)[C@H]2C(=O)N(C)C(=O)[C@@H]21. The Bertz CT molecular complexity index is 776. The minimum atomic E-state index is -1.18. The third kappa shape index (κ3) is 2.98. The van der Waals surface area contributed by atoms with Crippen molar-refractivity contribution >= 4 is 23.5 Å². The van der Waals surface area contributed by atoms with Gasteiger partial charge in [0.05, 0.1) is 18.4 Å². The molecule has 2 aliphatic heterocycles. The zero-order valence-corrected chi connectivity index (χ0v) is 17.2. The normalized spacial score (nSPS) is 29.2. The fraction of sp³-hybridized carbons (Fsp3) is 0.571. The van der Waals surface area contributed by atoms with Crippen molar-refractivity contribution in [3.05, 3.63) is 29.8 Å². The standard InChI is InChI=1S/C21H29N3O4/c1-6-12-21(20(27)28-7-2)16-15(18(25)24(5)19(16)26)17(22-21)13-8-10-14(11-9-13)23(3)4/h8-11,15-17,22H,6-7,12H2,1-5H3/t15-,16+,17-,21-/m0/s1. The van der Waals surface area contributed by atoms with Gasteiger partial charge in [0.15, 0.2) is 0 Å². The van der Waals surface area contributed by atoms with E-state index in [0.717, 1.165) is 11.3 Å². The highest BCUT2D eigenvalue weighted by Gasteiger charge is 2.67. The number of carbonyl (C=O) groups excluding carboxylic acids is 3. The highest BCUT2D eigenvalue weighted by Crippen LogP contribution is 2.50. The second-order valence-electron chi connectivity index (χ2n) is 7.79. The molecular weight excluding hydrogens is 358 g/mol. The van der Waals surface area contributed by atoms with Gasteiger partial charge in [0.25, 0.3) is 0 Å². The summed E-state index contributed by atoms with van der Waals surface area (Å²) in [6.07, 6.45) is 1.12. The summed E-state index contributed by atoms with van der Waals surface area (Å²) >= 11 is 0. The zero-order valence-electron chi connectivity index (χ0n) is 17.2. The van der Waals surface area contributed by atoms with Crippen molar-refractivity contribution in [1.29, 1.82) is 0 Å². The molecule has 0 unspecified atom stereocenters. The van der Waals surface area contributed by atoms with E-state index >= 15 is 0 Å². The summed E-state index contributed by atoms with van der Waals surface area (Å²) in [5, 5.41) is 3.38. The average molecular weight is 387 g/mol. The number of hydrogen-bond acceptors (Lipinski definition) is 6. The number of hydrogen-bond donors (Lipinski definition) is 1. The Morgan fingerprint density at radius 1 is 1.18 bits per heavy atom. The maximum atomic E-state index is 13.0. The van der Waals surface area contributed by atoms with Crippen LogP contribution in [0.1, 0.15) is 38.3 Å². The van der Waals surface area contributed by atoms with Crippen molar-refractivity contribution in [1.82, 2.24) is 10.2 Å². The van der Waals surface area contributed by atoms with E-state index in [1.54, 1.807) is 6.92 Å². The van der Waals surface area contributed by atoms with Crippen LogP contribution in [-0.2, 0) is 19.1 Å². The Balaban J connectivity index is 2.08. The number of imide groups is 1. The molecule has 1 aromatic rings. The van der Waals surface area contributed by atoms with Gasteiger partial charge in [-0.3, -0.25) is 24.6 Å². The van der Waals surface area contributed by atoms with Crippen molar-refractivity contribution < 1.29 is 19.1 Å². The molecule has 0 radical (unpaired) electrons. The molecule has 2 aliphatic rings. The molecule has 3 rings (SSSR count). The van der Waals surface area contributed by atoms with Gasteiger partial charge in [0.1, 0.15) is 5.54 Å². The highest BCUT2D eigenvalue weighted by atomic mass is 16.5. The van der Waals surface area contributed by atoms with E-state index in [4.69, 9.17) is 4.74 Å². The summed E-state index contributed by atoms with van der Waals surface area (Å²) in [4.78, 5) is 42.1. The van der Waals surface area contributed by atoms with Crippen LogP contribution in [0.25, 0.3) is 0 Å². The third-order valence-corrected chi connectivity index (χ3v) is 5.93. The average Bonchev–Trinajstić information content (AvgIpc) is 3.13. The molecule has 2 heterocycles. The van der Waals surface area contributed by atoms with E-state index < -0.39 is 29.4 Å².